The number of para-hydroxylation sites is 1. The smallest absolute Gasteiger partial charge is 0.246 e. The largest absolute Gasteiger partial charge is 0.494 e. The Morgan fingerprint density at radius 3 is 2.03 bits per heavy atom. The zero-order valence-corrected chi connectivity index (χ0v) is 55.3. The maximum Gasteiger partial charge on any atom is 0.246 e. The number of carbonyl (C=O) groups is 4. The number of hydrogen-bond donors (Lipinski definition) is 5. The highest BCUT2D eigenvalue weighted by Crippen LogP contribution is 2.39. The minimum atomic E-state index is -2.57. The normalized spacial score (nSPS) is 17.1. The van der Waals surface area contributed by atoms with E-state index in [9.17, 15) is 28.8 Å². The lowest BCUT2D eigenvalue weighted by atomic mass is 9.85. The predicted octanol–water partition coefficient (Wildman–Crippen LogP) is 7.09. The Morgan fingerprint density at radius 1 is 0.789 bits per heavy atom. The van der Waals surface area contributed by atoms with Crippen LogP contribution in [0.5, 0.6) is 5.75 Å². The molecule has 0 bridgehead atoms. The SMILES string of the molecule is COc1cc(N2CCC(N3CCN(C(=O)CCOCCOCCOCCOCCOCCC(=O)NC(C(=O)N4CC(O)CC4C(=O)NCc4ccc(-c5scnc5C)cc4)C(C)(C)C)CC3)CC2)ccc1Nc1ncc(Cl)c(Nc2ccccc2P(C)(C)=O)n1. The molecule has 2 aromatic heterocycles. The third-order valence-corrected chi connectivity index (χ3v) is 18.9. The Kier molecular flexibility index (Phi) is 26.2. The number of anilines is 5. The van der Waals surface area contributed by atoms with Gasteiger partial charge in [-0.2, -0.15) is 4.98 Å². The minimum Gasteiger partial charge on any atom is -0.494 e. The summed E-state index contributed by atoms with van der Waals surface area (Å²) in [6.45, 7) is 19.4. The van der Waals surface area contributed by atoms with Gasteiger partial charge in [-0.25, -0.2) is 9.97 Å². The number of hydrogen-bond acceptors (Lipinski definition) is 20. The van der Waals surface area contributed by atoms with E-state index in [0.717, 1.165) is 66.4 Å². The lowest BCUT2D eigenvalue weighted by molar-refractivity contribution is -0.144. The summed E-state index contributed by atoms with van der Waals surface area (Å²) in [6.07, 6.45) is 3.13. The van der Waals surface area contributed by atoms with Gasteiger partial charge < -0.3 is 74.1 Å². The van der Waals surface area contributed by atoms with Crippen molar-refractivity contribution in [2.45, 2.75) is 90.6 Å². The van der Waals surface area contributed by atoms with E-state index in [4.69, 9.17) is 40.0 Å². The van der Waals surface area contributed by atoms with Gasteiger partial charge in [-0.3, -0.25) is 24.1 Å². The van der Waals surface area contributed by atoms with E-state index in [2.05, 4.69) is 52.1 Å². The number of aliphatic hydroxyl groups excluding tert-OH is 1. The van der Waals surface area contributed by atoms with Crippen molar-refractivity contribution < 1.29 is 57.3 Å². The molecule has 5 heterocycles. The molecule has 3 unspecified atom stereocenters. The minimum absolute atomic E-state index is 0.0104. The highest BCUT2D eigenvalue weighted by atomic mass is 35.5. The number of halogens is 1. The summed E-state index contributed by atoms with van der Waals surface area (Å²) in [4.78, 5) is 76.2. The lowest BCUT2D eigenvalue weighted by Gasteiger charge is -2.43. The van der Waals surface area contributed by atoms with Crippen LogP contribution < -0.4 is 36.2 Å². The van der Waals surface area contributed by atoms with Gasteiger partial charge in [-0.15, -0.1) is 11.3 Å². The molecule has 3 aliphatic heterocycles. The summed E-state index contributed by atoms with van der Waals surface area (Å²) in [5, 5.41) is 23.9. The number of amides is 4. The molecule has 0 spiro atoms. The van der Waals surface area contributed by atoms with Crippen LogP contribution in [0.3, 0.4) is 0 Å². The molecular formula is C64H89ClN11O12PS. The second kappa shape index (κ2) is 33.8. The molecule has 90 heavy (non-hydrogen) atoms. The molecule has 5 N–H and O–H groups in total. The first-order chi connectivity index (χ1) is 43.2. The highest BCUT2D eigenvalue weighted by Gasteiger charge is 2.44. The van der Waals surface area contributed by atoms with Crippen molar-refractivity contribution in [1.82, 2.24) is 40.3 Å². The van der Waals surface area contributed by atoms with Gasteiger partial charge in [0.05, 0.1) is 119 Å². The third kappa shape index (κ3) is 20.3. The molecule has 5 aromatic rings. The highest BCUT2D eigenvalue weighted by molar-refractivity contribution is 7.70. The van der Waals surface area contributed by atoms with Crippen molar-refractivity contribution in [3.63, 3.8) is 0 Å². The van der Waals surface area contributed by atoms with Crippen LogP contribution in [0.15, 0.2) is 78.4 Å². The predicted molar refractivity (Wildman–Crippen MR) is 350 cm³/mol. The van der Waals surface area contributed by atoms with Gasteiger partial charge >= 0.3 is 0 Å². The number of β-amino-alcohol motifs (C(OH)–C–C–N with tert-alkyl or cyclic N) is 1. The van der Waals surface area contributed by atoms with Crippen LogP contribution in [0, 0.1) is 12.3 Å². The number of thiazole rings is 1. The Hall–Kier alpha value is -6.31. The summed E-state index contributed by atoms with van der Waals surface area (Å²) in [6, 6.07) is 20.0. The number of rotatable bonds is 32. The van der Waals surface area contributed by atoms with Crippen molar-refractivity contribution in [3.8, 4) is 16.2 Å². The number of nitrogens with one attached hydrogen (secondary N) is 4. The van der Waals surface area contributed by atoms with E-state index in [1.165, 1.54) is 11.1 Å². The summed E-state index contributed by atoms with van der Waals surface area (Å²) in [7, 11) is -0.931. The van der Waals surface area contributed by atoms with Gasteiger partial charge in [0.25, 0.3) is 0 Å². The number of benzene rings is 3. The Morgan fingerprint density at radius 2 is 1.42 bits per heavy atom. The molecule has 490 valence electrons. The van der Waals surface area contributed by atoms with Gasteiger partial charge in [0.15, 0.2) is 5.82 Å². The third-order valence-electron chi connectivity index (χ3n) is 16.1. The van der Waals surface area contributed by atoms with Crippen molar-refractivity contribution in [2.75, 3.05) is 148 Å². The molecule has 26 heteroatoms. The van der Waals surface area contributed by atoms with E-state index in [0.29, 0.717) is 118 Å². The maximum atomic E-state index is 14.0. The quantitative estimate of drug-likeness (QED) is 0.0213. The van der Waals surface area contributed by atoms with E-state index in [-0.39, 0.29) is 56.9 Å². The number of aliphatic hydroxyl groups is 1. The Labute approximate surface area is 537 Å². The molecule has 3 atom stereocenters. The fraction of sp³-hybridized carbons (Fsp3) is 0.547. The lowest BCUT2D eigenvalue weighted by Crippen LogP contribution is -2.57. The zero-order valence-electron chi connectivity index (χ0n) is 52.9. The van der Waals surface area contributed by atoms with Crippen LogP contribution in [0.25, 0.3) is 10.4 Å². The number of aromatic nitrogens is 3. The molecular weight excluding hydrogens is 1210 g/mol. The fourth-order valence-corrected chi connectivity index (χ4v) is 13.2. The monoisotopic (exact) mass is 1300 g/mol. The van der Waals surface area contributed by atoms with E-state index >= 15 is 0 Å². The van der Waals surface area contributed by atoms with Gasteiger partial charge in [0.1, 0.15) is 30.0 Å². The van der Waals surface area contributed by atoms with Crippen LogP contribution >= 0.6 is 30.1 Å². The van der Waals surface area contributed by atoms with Crippen LogP contribution in [0.2, 0.25) is 5.02 Å². The number of likely N-dealkylation sites (tertiary alicyclic amines) is 1. The molecule has 3 aliphatic rings. The van der Waals surface area contributed by atoms with Gasteiger partial charge in [0, 0.05) is 88.3 Å². The number of aryl methyl sites for hydroxylation is 1. The number of ether oxygens (including phenoxy) is 6. The van der Waals surface area contributed by atoms with Gasteiger partial charge in [-0.1, -0.05) is 68.8 Å². The number of piperazine rings is 1. The topological polar surface area (TPSA) is 261 Å². The Bertz CT molecular complexity index is 3190. The Balaban J connectivity index is 0.612. The van der Waals surface area contributed by atoms with Crippen LogP contribution in [0.4, 0.5) is 28.8 Å². The van der Waals surface area contributed by atoms with Crippen LogP contribution in [0.1, 0.15) is 64.1 Å². The average Bonchev–Trinajstić information content (AvgIpc) is 1.66. The summed E-state index contributed by atoms with van der Waals surface area (Å²) in [5.41, 5.74) is 6.47. The standard InChI is InChI=1S/C64H89ClN11O12PS/c1-44-58(90-43-68-44)46-14-12-45(13-15-46)40-66-61(80)53-39-49(77)42-76(53)62(81)59(64(2,3)4)71-56(78)20-28-84-30-32-86-34-36-88-37-35-87-33-31-85-29-21-57(79)75-26-24-74(25-27-75)47-18-22-73(23-19-47)48-16-17-51(54(38-48)83-5)70-63-67-41-50(65)60(72-63)69-52-10-8-9-11-55(52)89(6,7)82/h8-17,38,41,43,47,49,53,59,77H,18-37,39-40,42H2,1-7H3,(H,66,80)(H,71,78)(H2,67,69,70,72). The molecule has 3 saturated heterocycles. The first kappa shape index (κ1) is 69.6. The summed E-state index contributed by atoms with van der Waals surface area (Å²) >= 11 is 8.07. The fourth-order valence-electron chi connectivity index (χ4n) is 11.1. The molecule has 3 fully saturated rings. The van der Waals surface area contributed by atoms with Crippen LogP contribution in [-0.2, 0) is 54.0 Å². The van der Waals surface area contributed by atoms with Crippen molar-refractivity contribution in [2.24, 2.45) is 5.41 Å². The number of nitrogens with zero attached hydrogens (tertiary/aromatic N) is 7. The first-order valence-electron chi connectivity index (χ1n) is 30.9. The number of methoxy groups -OCH3 is 1. The van der Waals surface area contributed by atoms with Crippen molar-refractivity contribution in [3.05, 3.63) is 94.7 Å². The molecule has 0 saturated carbocycles. The van der Waals surface area contributed by atoms with Gasteiger partial charge in [-0.05, 0) is 73.9 Å². The molecule has 8 rings (SSSR count). The second-order valence-electron chi connectivity index (χ2n) is 24.0. The van der Waals surface area contributed by atoms with Crippen LogP contribution in [-0.4, -0.2) is 215 Å². The molecule has 23 nitrogen and oxygen atoms in total. The van der Waals surface area contributed by atoms with E-state index < -0.39 is 36.7 Å². The molecule has 3 aromatic carbocycles. The summed E-state index contributed by atoms with van der Waals surface area (Å²) < 4.78 is 46.9. The van der Waals surface area contributed by atoms with E-state index in [1.807, 2.05) is 98.8 Å². The second-order valence-corrected chi connectivity index (χ2v) is 28.5. The first-order valence-corrected chi connectivity index (χ1v) is 34.7. The van der Waals surface area contributed by atoms with Crippen molar-refractivity contribution >= 4 is 87.8 Å². The number of piperidine rings is 1. The molecule has 4 amide bonds. The molecule has 0 radical (unpaired) electrons. The number of carbonyl (C=O) groups excluding carboxylic acids is 4. The summed E-state index contributed by atoms with van der Waals surface area (Å²) in [5.74, 6) is 0.303. The maximum absolute atomic E-state index is 14.0. The zero-order chi connectivity index (χ0) is 64.2. The van der Waals surface area contributed by atoms with E-state index in [1.54, 1.807) is 31.8 Å². The van der Waals surface area contributed by atoms with Crippen molar-refractivity contribution in [1.29, 1.82) is 0 Å². The van der Waals surface area contributed by atoms with Gasteiger partial charge in [0.2, 0.25) is 29.6 Å². The average molecular weight is 1300 g/mol. The molecule has 0 aliphatic carbocycles.